The highest BCUT2D eigenvalue weighted by molar-refractivity contribution is 8.13. The minimum atomic E-state index is -0.420. The van der Waals surface area contributed by atoms with Gasteiger partial charge < -0.3 is 4.74 Å². The molecule has 0 saturated heterocycles. The predicted octanol–water partition coefficient (Wildman–Crippen LogP) is 2.42. The van der Waals surface area contributed by atoms with Crippen molar-refractivity contribution in [2.24, 2.45) is 0 Å². The number of rotatable bonds is 6. The second-order valence-corrected chi connectivity index (χ2v) is 3.71. The third-order valence-corrected chi connectivity index (χ3v) is 2.31. The van der Waals surface area contributed by atoms with E-state index in [1.807, 2.05) is 0 Å². The SMILES string of the molecule is CCCCSC(=O)CC(=O)OCC.Cl. The lowest BCUT2D eigenvalue weighted by Gasteiger charge is -2.00. The fourth-order valence-corrected chi connectivity index (χ4v) is 1.59. The van der Waals surface area contributed by atoms with Crippen molar-refractivity contribution in [3.8, 4) is 0 Å². The Morgan fingerprint density at radius 1 is 1.29 bits per heavy atom. The van der Waals surface area contributed by atoms with Gasteiger partial charge in [-0.1, -0.05) is 25.1 Å². The third kappa shape index (κ3) is 9.86. The molecule has 0 rings (SSSR count). The van der Waals surface area contributed by atoms with E-state index in [4.69, 9.17) is 0 Å². The lowest BCUT2D eigenvalue weighted by molar-refractivity contribution is -0.144. The van der Waals surface area contributed by atoms with Gasteiger partial charge in [0, 0.05) is 5.75 Å². The summed E-state index contributed by atoms with van der Waals surface area (Å²) >= 11 is 1.22. The lowest BCUT2D eigenvalue weighted by atomic mass is 10.4. The molecule has 0 radical (unpaired) electrons. The van der Waals surface area contributed by atoms with Crippen LogP contribution in [0.3, 0.4) is 0 Å². The first kappa shape index (κ1) is 16.2. The van der Waals surface area contributed by atoms with E-state index >= 15 is 0 Å². The number of carbonyl (C=O) groups excluding carboxylic acids is 2. The summed E-state index contributed by atoms with van der Waals surface area (Å²) in [6, 6.07) is 0. The molecule has 0 saturated carbocycles. The Morgan fingerprint density at radius 2 is 1.93 bits per heavy atom. The second kappa shape index (κ2) is 10.9. The van der Waals surface area contributed by atoms with Gasteiger partial charge in [0.2, 0.25) is 0 Å². The molecule has 0 aromatic rings. The molecule has 0 spiro atoms. The van der Waals surface area contributed by atoms with Gasteiger partial charge in [0.25, 0.3) is 0 Å². The molecule has 5 heteroatoms. The number of unbranched alkanes of at least 4 members (excludes halogenated alkanes) is 1. The molecule has 0 fully saturated rings. The Kier molecular flexibility index (Phi) is 12.6. The number of carbonyl (C=O) groups is 2. The molecule has 0 aromatic heterocycles. The molecule has 0 amide bonds. The zero-order chi connectivity index (χ0) is 10.1. The van der Waals surface area contributed by atoms with Gasteiger partial charge in [-0.05, 0) is 13.3 Å². The number of hydrogen-bond acceptors (Lipinski definition) is 4. The van der Waals surface area contributed by atoms with Gasteiger partial charge in [-0.15, -0.1) is 12.4 Å². The maximum absolute atomic E-state index is 11.1. The molecule has 0 aliphatic heterocycles. The first-order valence-electron chi connectivity index (χ1n) is 4.52. The van der Waals surface area contributed by atoms with E-state index in [-0.39, 0.29) is 23.9 Å². The summed E-state index contributed by atoms with van der Waals surface area (Å²) in [7, 11) is 0. The Balaban J connectivity index is 0. The van der Waals surface area contributed by atoms with E-state index in [2.05, 4.69) is 11.7 Å². The van der Waals surface area contributed by atoms with E-state index in [0.717, 1.165) is 18.6 Å². The average Bonchev–Trinajstić information content (AvgIpc) is 2.05. The third-order valence-electron chi connectivity index (χ3n) is 1.35. The van der Waals surface area contributed by atoms with Crippen LogP contribution in [0.2, 0.25) is 0 Å². The van der Waals surface area contributed by atoms with Crippen molar-refractivity contribution in [2.75, 3.05) is 12.4 Å². The summed E-state index contributed by atoms with van der Waals surface area (Å²) in [4.78, 5) is 21.9. The van der Waals surface area contributed by atoms with E-state index in [1.54, 1.807) is 6.92 Å². The van der Waals surface area contributed by atoms with Gasteiger partial charge in [-0.2, -0.15) is 0 Å². The zero-order valence-electron chi connectivity index (χ0n) is 8.58. The van der Waals surface area contributed by atoms with Crippen LogP contribution < -0.4 is 0 Å². The molecule has 0 aromatic carbocycles. The average molecular weight is 241 g/mol. The molecular formula is C9H17ClO3S. The molecule has 0 bridgehead atoms. The minimum absolute atomic E-state index is 0. The first-order chi connectivity index (χ1) is 6.20. The van der Waals surface area contributed by atoms with Crippen molar-refractivity contribution >= 4 is 35.3 Å². The Morgan fingerprint density at radius 3 is 2.43 bits per heavy atom. The molecular weight excluding hydrogens is 224 g/mol. The fourth-order valence-electron chi connectivity index (χ4n) is 0.711. The number of halogens is 1. The Hall–Kier alpha value is -0.220. The van der Waals surface area contributed by atoms with Crippen LogP contribution in [-0.4, -0.2) is 23.4 Å². The van der Waals surface area contributed by atoms with Gasteiger partial charge >= 0.3 is 5.97 Å². The quantitative estimate of drug-likeness (QED) is 0.406. The predicted molar refractivity (Wildman–Crippen MR) is 60.9 cm³/mol. The highest BCUT2D eigenvalue weighted by Gasteiger charge is 2.09. The summed E-state index contributed by atoms with van der Waals surface area (Å²) in [6.45, 7) is 4.13. The molecule has 0 aliphatic carbocycles. The van der Waals surface area contributed by atoms with Crippen LogP contribution in [-0.2, 0) is 14.3 Å². The molecule has 3 nitrogen and oxygen atoms in total. The van der Waals surface area contributed by atoms with Crippen LogP contribution in [0, 0.1) is 0 Å². The van der Waals surface area contributed by atoms with Crippen LogP contribution in [0.15, 0.2) is 0 Å². The maximum atomic E-state index is 11.1. The minimum Gasteiger partial charge on any atom is -0.466 e. The number of esters is 1. The van der Waals surface area contributed by atoms with Gasteiger partial charge in [0.15, 0.2) is 5.12 Å². The van der Waals surface area contributed by atoms with Crippen LogP contribution in [0.5, 0.6) is 0 Å². The summed E-state index contributed by atoms with van der Waals surface area (Å²) in [5, 5.41) is -0.0908. The highest BCUT2D eigenvalue weighted by Crippen LogP contribution is 2.08. The highest BCUT2D eigenvalue weighted by atomic mass is 35.5. The molecule has 0 N–H and O–H groups in total. The standard InChI is InChI=1S/C9H16O3S.ClH/c1-3-5-6-13-9(11)7-8(10)12-4-2;/h3-7H2,1-2H3;1H. The van der Waals surface area contributed by atoms with Crippen molar-refractivity contribution < 1.29 is 14.3 Å². The molecule has 0 atom stereocenters. The molecule has 0 aliphatic rings. The monoisotopic (exact) mass is 240 g/mol. The summed E-state index contributed by atoms with van der Waals surface area (Å²) in [5.41, 5.74) is 0. The summed E-state index contributed by atoms with van der Waals surface area (Å²) < 4.78 is 4.65. The second-order valence-electron chi connectivity index (χ2n) is 2.56. The van der Waals surface area contributed by atoms with Gasteiger partial charge in [0.1, 0.15) is 6.42 Å². The van der Waals surface area contributed by atoms with E-state index in [0.29, 0.717) is 6.61 Å². The maximum Gasteiger partial charge on any atom is 0.314 e. The lowest BCUT2D eigenvalue weighted by Crippen LogP contribution is -2.08. The largest absolute Gasteiger partial charge is 0.466 e. The molecule has 14 heavy (non-hydrogen) atoms. The molecule has 0 heterocycles. The van der Waals surface area contributed by atoms with Crippen LogP contribution in [0.25, 0.3) is 0 Å². The van der Waals surface area contributed by atoms with Crippen LogP contribution >= 0.6 is 24.2 Å². The number of ether oxygens (including phenoxy) is 1. The van der Waals surface area contributed by atoms with Crippen LogP contribution in [0.1, 0.15) is 33.1 Å². The van der Waals surface area contributed by atoms with Gasteiger partial charge in [-0.25, -0.2) is 0 Å². The number of thioether (sulfide) groups is 1. The normalized spacial score (nSPS) is 9.00. The van der Waals surface area contributed by atoms with Gasteiger partial charge in [-0.3, -0.25) is 9.59 Å². The van der Waals surface area contributed by atoms with Crippen molar-refractivity contribution in [3.05, 3.63) is 0 Å². The van der Waals surface area contributed by atoms with E-state index in [1.165, 1.54) is 11.8 Å². The van der Waals surface area contributed by atoms with Gasteiger partial charge in [0.05, 0.1) is 6.61 Å². The fraction of sp³-hybridized carbons (Fsp3) is 0.778. The van der Waals surface area contributed by atoms with Crippen molar-refractivity contribution in [2.45, 2.75) is 33.1 Å². The van der Waals surface area contributed by atoms with E-state index in [9.17, 15) is 9.59 Å². The number of hydrogen-bond donors (Lipinski definition) is 0. The summed E-state index contributed by atoms with van der Waals surface area (Å²) in [6.07, 6.45) is 1.99. The Labute approximate surface area is 95.4 Å². The van der Waals surface area contributed by atoms with Crippen LogP contribution in [0.4, 0.5) is 0 Å². The zero-order valence-corrected chi connectivity index (χ0v) is 10.2. The topological polar surface area (TPSA) is 43.4 Å². The van der Waals surface area contributed by atoms with Crippen molar-refractivity contribution in [1.82, 2.24) is 0 Å². The van der Waals surface area contributed by atoms with Crippen molar-refractivity contribution in [3.63, 3.8) is 0 Å². The molecule has 0 unspecified atom stereocenters. The summed E-state index contributed by atoms with van der Waals surface area (Å²) in [5.74, 6) is 0.380. The van der Waals surface area contributed by atoms with Crippen molar-refractivity contribution in [1.29, 1.82) is 0 Å². The smallest absolute Gasteiger partial charge is 0.314 e. The van der Waals surface area contributed by atoms with E-state index < -0.39 is 5.97 Å². The Bertz CT molecular complexity index is 173. The molecule has 84 valence electrons. The first-order valence-corrected chi connectivity index (χ1v) is 5.50.